The molecule has 0 amide bonds. The molecule has 0 heterocycles. The molecule has 0 radical (unpaired) electrons. The monoisotopic (exact) mass is 168 g/mol. The van der Waals surface area contributed by atoms with Crippen LogP contribution in [0, 0.1) is 6.92 Å². The highest BCUT2D eigenvalue weighted by atomic mass is 14.0. The second-order valence-electron chi connectivity index (χ2n) is 3.30. The van der Waals surface area contributed by atoms with E-state index in [1.54, 1.807) is 0 Å². The van der Waals surface area contributed by atoms with Crippen molar-refractivity contribution in [3.8, 4) is 0 Å². The van der Waals surface area contributed by atoms with Crippen molar-refractivity contribution in [2.75, 3.05) is 0 Å². The number of hydrogen-bond donors (Lipinski definition) is 0. The molecule has 13 heavy (non-hydrogen) atoms. The van der Waals surface area contributed by atoms with Crippen molar-refractivity contribution >= 4 is 5.57 Å². The summed E-state index contributed by atoms with van der Waals surface area (Å²) < 4.78 is 0. The van der Waals surface area contributed by atoms with E-state index < -0.39 is 0 Å². The molecule has 64 valence electrons. The second-order valence-corrected chi connectivity index (χ2v) is 3.30. The Balaban J connectivity index is 2.32. The van der Waals surface area contributed by atoms with E-state index in [1.165, 1.54) is 16.7 Å². The van der Waals surface area contributed by atoms with Gasteiger partial charge in [-0.25, -0.2) is 0 Å². The first-order valence-corrected chi connectivity index (χ1v) is 4.53. The van der Waals surface area contributed by atoms with Crippen LogP contribution in [0.3, 0.4) is 0 Å². The maximum Gasteiger partial charge on any atom is -0.00151 e. The van der Waals surface area contributed by atoms with Gasteiger partial charge in [0.2, 0.25) is 0 Å². The van der Waals surface area contributed by atoms with Gasteiger partial charge in [0, 0.05) is 0 Å². The van der Waals surface area contributed by atoms with Crippen LogP contribution in [0.5, 0.6) is 0 Å². The smallest absolute Gasteiger partial charge is 0.00151 e. The molecule has 0 fully saturated rings. The summed E-state index contributed by atoms with van der Waals surface area (Å²) in [5, 5.41) is 0. The Morgan fingerprint density at radius 1 is 1.15 bits per heavy atom. The highest BCUT2D eigenvalue weighted by Gasteiger charge is 1.99. The quantitative estimate of drug-likeness (QED) is 0.563. The molecule has 0 aromatic heterocycles. The highest BCUT2D eigenvalue weighted by molar-refractivity contribution is 5.69. The average molecular weight is 168 g/mol. The highest BCUT2D eigenvalue weighted by Crippen LogP contribution is 2.20. The minimum Gasteiger partial charge on any atom is -0.125 e. The van der Waals surface area contributed by atoms with Crippen LogP contribution in [-0.4, -0.2) is 0 Å². The predicted molar refractivity (Wildman–Crippen MR) is 56.4 cm³/mol. The maximum absolute atomic E-state index is 3.07. The van der Waals surface area contributed by atoms with Gasteiger partial charge in [-0.05, 0) is 36.6 Å². The molecule has 1 aliphatic carbocycles. The fourth-order valence-electron chi connectivity index (χ4n) is 1.44. The number of aryl methyl sites for hydroxylation is 1. The molecule has 0 saturated heterocycles. The molecule has 0 saturated carbocycles. The summed E-state index contributed by atoms with van der Waals surface area (Å²) in [4.78, 5) is 0. The van der Waals surface area contributed by atoms with Crippen LogP contribution in [0.25, 0.3) is 5.57 Å². The van der Waals surface area contributed by atoms with E-state index in [9.17, 15) is 0 Å². The minimum atomic E-state index is 1.000. The minimum absolute atomic E-state index is 1.000. The van der Waals surface area contributed by atoms with Crippen LogP contribution in [-0.2, 0) is 0 Å². The normalized spacial score (nSPS) is 14.4. The Morgan fingerprint density at radius 3 is 2.54 bits per heavy atom. The van der Waals surface area contributed by atoms with E-state index in [-0.39, 0.29) is 0 Å². The number of rotatable bonds is 1. The first kappa shape index (κ1) is 8.10. The van der Waals surface area contributed by atoms with Crippen molar-refractivity contribution in [2.24, 2.45) is 0 Å². The number of benzene rings is 1. The Morgan fingerprint density at radius 2 is 1.92 bits per heavy atom. The second kappa shape index (κ2) is 3.47. The van der Waals surface area contributed by atoms with Crippen molar-refractivity contribution < 1.29 is 0 Å². The SMILES string of the molecule is Cc1ccc(C2=CC=C=CC2)cc1. The van der Waals surface area contributed by atoms with E-state index in [1.807, 2.05) is 6.08 Å². The molecule has 0 heteroatoms. The van der Waals surface area contributed by atoms with Gasteiger partial charge < -0.3 is 0 Å². The van der Waals surface area contributed by atoms with Gasteiger partial charge in [-0.15, -0.1) is 5.73 Å². The fourth-order valence-corrected chi connectivity index (χ4v) is 1.44. The van der Waals surface area contributed by atoms with Gasteiger partial charge >= 0.3 is 0 Å². The van der Waals surface area contributed by atoms with Crippen LogP contribution in [0.2, 0.25) is 0 Å². The summed E-state index contributed by atoms with van der Waals surface area (Å²) in [6.45, 7) is 2.11. The van der Waals surface area contributed by atoms with E-state index in [2.05, 4.69) is 49.1 Å². The van der Waals surface area contributed by atoms with Crippen LogP contribution < -0.4 is 0 Å². The molecular weight excluding hydrogens is 156 g/mol. The molecule has 0 nitrogen and oxygen atoms in total. The van der Waals surface area contributed by atoms with Gasteiger partial charge in [-0.1, -0.05) is 35.9 Å². The third kappa shape index (κ3) is 1.80. The van der Waals surface area contributed by atoms with Crippen molar-refractivity contribution in [1.82, 2.24) is 0 Å². The average Bonchev–Trinajstić information content (AvgIpc) is 2.20. The lowest BCUT2D eigenvalue weighted by Crippen LogP contribution is -1.84. The lowest BCUT2D eigenvalue weighted by Gasteiger charge is -2.05. The maximum atomic E-state index is 3.07. The fraction of sp³-hybridized carbons (Fsp3) is 0.154. The lowest BCUT2D eigenvalue weighted by molar-refractivity contribution is 1.36. The van der Waals surface area contributed by atoms with Crippen molar-refractivity contribution in [3.05, 3.63) is 59.4 Å². The molecule has 0 bridgehead atoms. The molecule has 1 aromatic carbocycles. The Labute approximate surface area is 78.9 Å². The zero-order valence-electron chi connectivity index (χ0n) is 7.75. The van der Waals surface area contributed by atoms with Gasteiger partial charge in [0.1, 0.15) is 0 Å². The van der Waals surface area contributed by atoms with E-state index in [0.29, 0.717) is 0 Å². The van der Waals surface area contributed by atoms with Gasteiger partial charge in [0.15, 0.2) is 0 Å². The first-order valence-electron chi connectivity index (χ1n) is 4.53. The zero-order valence-corrected chi connectivity index (χ0v) is 7.75. The summed E-state index contributed by atoms with van der Waals surface area (Å²) in [6, 6.07) is 8.65. The summed E-state index contributed by atoms with van der Waals surface area (Å²) >= 11 is 0. The molecule has 0 atom stereocenters. The Bertz CT molecular complexity index is 385. The van der Waals surface area contributed by atoms with Crippen molar-refractivity contribution in [3.63, 3.8) is 0 Å². The third-order valence-corrected chi connectivity index (χ3v) is 2.24. The molecule has 0 aliphatic heterocycles. The van der Waals surface area contributed by atoms with Crippen LogP contribution >= 0.6 is 0 Å². The topological polar surface area (TPSA) is 0 Å². The number of allylic oxidation sites excluding steroid dienone is 3. The first-order chi connectivity index (χ1) is 6.36. The van der Waals surface area contributed by atoms with Crippen LogP contribution in [0.15, 0.2) is 48.2 Å². The van der Waals surface area contributed by atoms with Gasteiger partial charge in [0.05, 0.1) is 0 Å². The molecule has 0 spiro atoms. The molecular formula is C13H12. The van der Waals surface area contributed by atoms with E-state index in [0.717, 1.165) is 6.42 Å². The summed E-state index contributed by atoms with van der Waals surface area (Å²) in [5.41, 5.74) is 7.07. The molecule has 1 aromatic rings. The third-order valence-electron chi connectivity index (χ3n) is 2.24. The van der Waals surface area contributed by atoms with Gasteiger partial charge in [-0.3, -0.25) is 0 Å². The van der Waals surface area contributed by atoms with Gasteiger partial charge in [0.25, 0.3) is 0 Å². The largest absolute Gasteiger partial charge is 0.125 e. The van der Waals surface area contributed by atoms with Crippen LogP contribution in [0.1, 0.15) is 17.5 Å². The Kier molecular flexibility index (Phi) is 2.16. The van der Waals surface area contributed by atoms with E-state index in [4.69, 9.17) is 0 Å². The zero-order chi connectivity index (χ0) is 9.10. The standard InChI is InChI=1S/C13H12/c1-11-7-9-13(10-8-11)12-5-3-2-4-6-12/h3-5,7-10H,6H2,1H3. The summed E-state index contributed by atoms with van der Waals surface area (Å²) in [5.74, 6) is 0. The Hall–Kier alpha value is -1.52. The van der Waals surface area contributed by atoms with Crippen LogP contribution in [0.4, 0.5) is 0 Å². The molecule has 0 unspecified atom stereocenters. The molecule has 0 N–H and O–H groups in total. The molecule has 2 rings (SSSR count). The number of hydrogen-bond acceptors (Lipinski definition) is 0. The van der Waals surface area contributed by atoms with Gasteiger partial charge in [-0.2, -0.15) is 0 Å². The molecule has 1 aliphatic rings. The van der Waals surface area contributed by atoms with Crippen molar-refractivity contribution in [1.29, 1.82) is 0 Å². The lowest BCUT2D eigenvalue weighted by atomic mass is 9.99. The van der Waals surface area contributed by atoms with E-state index >= 15 is 0 Å². The predicted octanol–water partition coefficient (Wildman–Crippen LogP) is 3.49. The van der Waals surface area contributed by atoms with Crippen molar-refractivity contribution in [2.45, 2.75) is 13.3 Å². The summed E-state index contributed by atoms with van der Waals surface area (Å²) in [7, 11) is 0. The summed E-state index contributed by atoms with van der Waals surface area (Å²) in [6.07, 6.45) is 7.16.